The van der Waals surface area contributed by atoms with Crippen LogP contribution in [0.3, 0.4) is 0 Å². The molecule has 1 aromatic rings. The average Bonchev–Trinajstić information content (AvgIpc) is 2.27. The molecule has 0 atom stereocenters. The van der Waals surface area contributed by atoms with Gasteiger partial charge in [-0.2, -0.15) is 0 Å². The summed E-state index contributed by atoms with van der Waals surface area (Å²) in [6.07, 6.45) is 5.83. The molecule has 1 aliphatic carbocycles. The van der Waals surface area contributed by atoms with Crippen molar-refractivity contribution in [3.05, 3.63) is 40.2 Å². The van der Waals surface area contributed by atoms with Crippen LogP contribution in [-0.2, 0) is 0 Å². The molecule has 2 rings (SSSR count). The number of hydrogen-bond acceptors (Lipinski definition) is 1. The highest BCUT2D eigenvalue weighted by atomic mass is 35.5. The quantitative estimate of drug-likeness (QED) is 0.793. The summed E-state index contributed by atoms with van der Waals surface area (Å²) in [5.41, 5.74) is 7.67. The lowest BCUT2D eigenvalue weighted by Gasteiger charge is -2.20. The van der Waals surface area contributed by atoms with Crippen molar-refractivity contribution < 1.29 is 4.39 Å². The Balaban J connectivity index is 2.19. The minimum absolute atomic E-state index is 0.216. The number of benzene rings is 1. The highest BCUT2D eigenvalue weighted by Crippen LogP contribution is 2.26. The molecule has 0 amide bonds. The molecule has 86 valence electrons. The maximum absolute atomic E-state index is 13.5. The number of halogens is 2. The Hall–Kier alpha value is -0.860. The second kappa shape index (κ2) is 4.98. The first kappa shape index (κ1) is 11.6. The zero-order valence-electron chi connectivity index (χ0n) is 9.05. The summed E-state index contributed by atoms with van der Waals surface area (Å²) in [6, 6.07) is 4.94. The van der Waals surface area contributed by atoms with Gasteiger partial charge in [-0.1, -0.05) is 23.3 Å². The van der Waals surface area contributed by atoms with E-state index in [0.717, 1.165) is 25.7 Å². The van der Waals surface area contributed by atoms with E-state index in [2.05, 4.69) is 0 Å². The topological polar surface area (TPSA) is 26.0 Å². The van der Waals surface area contributed by atoms with Crippen LogP contribution in [-0.4, -0.2) is 6.04 Å². The first-order valence-electron chi connectivity index (χ1n) is 5.55. The van der Waals surface area contributed by atoms with Gasteiger partial charge in [0.25, 0.3) is 0 Å². The lowest BCUT2D eigenvalue weighted by Crippen LogP contribution is -2.23. The van der Waals surface area contributed by atoms with Gasteiger partial charge in [-0.15, -0.1) is 0 Å². The number of nitrogens with two attached hydrogens (primary N) is 1. The summed E-state index contributed by atoms with van der Waals surface area (Å²) in [5, 5.41) is 0.570. The first-order chi connectivity index (χ1) is 7.65. The van der Waals surface area contributed by atoms with E-state index in [1.165, 1.54) is 11.6 Å². The lowest BCUT2D eigenvalue weighted by atomic mass is 9.90. The molecule has 0 heterocycles. The maximum atomic E-state index is 13.5. The van der Waals surface area contributed by atoms with E-state index in [1.807, 2.05) is 6.08 Å². The molecule has 1 saturated carbocycles. The van der Waals surface area contributed by atoms with E-state index in [1.54, 1.807) is 12.1 Å². The van der Waals surface area contributed by atoms with Crippen LogP contribution < -0.4 is 5.73 Å². The van der Waals surface area contributed by atoms with Crippen LogP contribution in [0.1, 0.15) is 31.2 Å². The molecule has 1 aromatic carbocycles. The monoisotopic (exact) mass is 239 g/mol. The third kappa shape index (κ3) is 2.83. The van der Waals surface area contributed by atoms with Crippen LogP contribution in [0, 0.1) is 5.82 Å². The molecule has 0 bridgehead atoms. The third-order valence-electron chi connectivity index (χ3n) is 2.99. The molecule has 1 nitrogen and oxygen atoms in total. The van der Waals surface area contributed by atoms with Gasteiger partial charge in [0, 0.05) is 16.6 Å². The van der Waals surface area contributed by atoms with Gasteiger partial charge in [0.15, 0.2) is 0 Å². The van der Waals surface area contributed by atoms with E-state index in [-0.39, 0.29) is 5.82 Å². The van der Waals surface area contributed by atoms with Crippen molar-refractivity contribution in [2.45, 2.75) is 31.7 Å². The molecule has 2 N–H and O–H groups in total. The number of allylic oxidation sites excluding steroid dienone is 1. The Bertz CT molecular complexity index is 404. The predicted molar refractivity (Wildman–Crippen MR) is 65.8 cm³/mol. The number of hydrogen-bond donors (Lipinski definition) is 1. The van der Waals surface area contributed by atoms with Crippen molar-refractivity contribution in [2.24, 2.45) is 5.73 Å². The average molecular weight is 240 g/mol. The molecule has 0 unspecified atom stereocenters. The maximum Gasteiger partial charge on any atom is 0.130 e. The van der Waals surface area contributed by atoms with Gasteiger partial charge >= 0.3 is 0 Å². The minimum Gasteiger partial charge on any atom is -0.328 e. The molecular weight excluding hydrogens is 225 g/mol. The summed E-state index contributed by atoms with van der Waals surface area (Å²) in [4.78, 5) is 0. The smallest absolute Gasteiger partial charge is 0.130 e. The van der Waals surface area contributed by atoms with Gasteiger partial charge in [0.2, 0.25) is 0 Å². The third-order valence-corrected chi connectivity index (χ3v) is 3.23. The zero-order chi connectivity index (χ0) is 11.5. The van der Waals surface area contributed by atoms with Crippen molar-refractivity contribution in [2.75, 3.05) is 0 Å². The van der Waals surface area contributed by atoms with Crippen molar-refractivity contribution in [1.29, 1.82) is 0 Å². The molecule has 0 aliphatic heterocycles. The van der Waals surface area contributed by atoms with Gasteiger partial charge in [-0.3, -0.25) is 0 Å². The molecule has 1 aliphatic rings. The fourth-order valence-corrected chi connectivity index (χ4v) is 2.18. The second-order valence-electron chi connectivity index (χ2n) is 4.31. The first-order valence-corrected chi connectivity index (χ1v) is 5.93. The van der Waals surface area contributed by atoms with Crippen LogP contribution in [0.4, 0.5) is 4.39 Å². The molecular formula is C13H15ClFN. The Morgan fingerprint density at radius 1 is 1.31 bits per heavy atom. The van der Waals surface area contributed by atoms with Crippen LogP contribution in [0.15, 0.2) is 23.8 Å². The summed E-state index contributed by atoms with van der Waals surface area (Å²) >= 11 is 5.84. The molecule has 0 radical (unpaired) electrons. The Kier molecular flexibility index (Phi) is 3.62. The van der Waals surface area contributed by atoms with Crippen LogP contribution in [0.5, 0.6) is 0 Å². The second-order valence-corrected chi connectivity index (χ2v) is 4.74. The largest absolute Gasteiger partial charge is 0.328 e. The Labute approximate surface area is 100 Å². The van der Waals surface area contributed by atoms with Gasteiger partial charge in [0.05, 0.1) is 0 Å². The van der Waals surface area contributed by atoms with Gasteiger partial charge in [-0.05, 0) is 43.9 Å². The van der Waals surface area contributed by atoms with E-state index < -0.39 is 0 Å². The number of rotatable bonds is 1. The van der Waals surface area contributed by atoms with E-state index in [4.69, 9.17) is 17.3 Å². The van der Waals surface area contributed by atoms with Crippen LogP contribution >= 0.6 is 11.6 Å². The van der Waals surface area contributed by atoms with E-state index in [9.17, 15) is 4.39 Å². The molecule has 1 fully saturated rings. The standard InChI is InChI=1S/C13H15ClFN/c14-11-3-6-13(15)10(8-11)7-9-1-4-12(16)5-2-9/h3,6-8,12H,1-2,4-5,16H2. The molecule has 0 spiro atoms. The lowest BCUT2D eigenvalue weighted by molar-refractivity contribution is 0.514. The predicted octanol–water partition coefficient (Wildman–Crippen LogP) is 3.76. The highest BCUT2D eigenvalue weighted by molar-refractivity contribution is 6.30. The summed E-state index contributed by atoms with van der Waals surface area (Å²) < 4.78 is 13.5. The van der Waals surface area contributed by atoms with Crippen LogP contribution in [0.2, 0.25) is 5.02 Å². The van der Waals surface area contributed by atoms with Gasteiger partial charge < -0.3 is 5.73 Å². The fraction of sp³-hybridized carbons (Fsp3) is 0.385. The van der Waals surface area contributed by atoms with Crippen molar-refractivity contribution in [1.82, 2.24) is 0 Å². The normalized spacial score (nSPS) is 20.9. The van der Waals surface area contributed by atoms with Crippen molar-refractivity contribution >= 4 is 17.7 Å². The fourth-order valence-electron chi connectivity index (χ4n) is 2.00. The highest BCUT2D eigenvalue weighted by Gasteiger charge is 2.13. The summed E-state index contributed by atoms with van der Waals surface area (Å²) in [5.74, 6) is -0.216. The van der Waals surface area contributed by atoms with E-state index in [0.29, 0.717) is 16.6 Å². The molecule has 0 aromatic heterocycles. The zero-order valence-corrected chi connectivity index (χ0v) is 9.80. The molecule has 3 heteroatoms. The van der Waals surface area contributed by atoms with Crippen molar-refractivity contribution in [3.8, 4) is 0 Å². The summed E-state index contributed by atoms with van der Waals surface area (Å²) in [7, 11) is 0. The Morgan fingerprint density at radius 3 is 2.69 bits per heavy atom. The SMILES string of the molecule is NC1CCC(=Cc2cc(Cl)ccc2F)CC1. The Morgan fingerprint density at radius 2 is 2.00 bits per heavy atom. The molecule has 16 heavy (non-hydrogen) atoms. The minimum atomic E-state index is -0.216. The van der Waals surface area contributed by atoms with Gasteiger partial charge in [-0.25, -0.2) is 4.39 Å². The van der Waals surface area contributed by atoms with Gasteiger partial charge in [0.1, 0.15) is 5.82 Å². The summed E-state index contributed by atoms with van der Waals surface area (Å²) in [6.45, 7) is 0. The molecule has 0 saturated heterocycles. The van der Waals surface area contributed by atoms with Crippen LogP contribution in [0.25, 0.3) is 6.08 Å². The van der Waals surface area contributed by atoms with E-state index >= 15 is 0 Å². The van der Waals surface area contributed by atoms with Crippen molar-refractivity contribution in [3.63, 3.8) is 0 Å².